The van der Waals surface area contributed by atoms with E-state index in [1.165, 1.54) is 52.2 Å². The molecule has 0 aliphatic carbocycles. The van der Waals surface area contributed by atoms with Crippen LogP contribution in [0.2, 0.25) is 0 Å². The molecule has 5 heteroatoms. The number of hydrogen-bond donors (Lipinski definition) is 0. The first-order valence-electron chi connectivity index (χ1n) is 14.5. The van der Waals surface area contributed by atoms with E-state index in [-0.39, 0.29) is 0 Å². The van der Waals surface area contributed by atoms with Gasteiger partial charge >= 0.3 is 0 Å². The molecule has 0 radical (unpaired) electrons. The number of rotatable bonds is 4. The minimum atomic E-state index is 0.670. The van der Waals surface area contributed by atoms with E-state index in [1.54, 1.807) is 22.7 Å². The van der Waals surface area contributed by atoms with Crippen LogP contribution in [-0.2, 0) is 0 Å². The van der Waals surface area contributed by atoms with Crippen molar-refractivity contribution >= 4 is 63.7 Å². The molecular formula is C39H23N3S2. The predicted octanol–water partition coefficient (Wildman–Crippen LogP) is 11.3. The third-order valence-electron chi connectivity index (χ3n) is 8.16. The first-order valence-corrected chi connectivity index (χ1v) is 16.2. The Bertz CT molecular complexity index is 2470. The van der Waals surface area contributed by atoms with Crippen LogP contribution in [0.3, 0.4) is 0 Å². The maximum absolute atomic E-state index is 5.05. The van der Waals surface area contributed by atoms with Gasteiger partial charge in [0.05, 0.1) is 4.88 Å². The van der Waals surface area contributed by atoms with Gasteiger partial charge in [-0.1, -0.05) is 115 Å². The minimum Gasteiger partial charge on any atom is -0.208 e. The van der Waals surface area contributed by atoms with Crippen LogP contribution in [0.15, 0.2) is 140 Å². The van der Waals surface area contributed by atoms with Crippen molar-refractivity contribution < 1.29 is 0 Å². The highest BCUT2D eigenvalue weighted by molar-refractivity contribution is 7.25. The van der Waals surface area contributed by atoms with Crippen LogP contribution in [0, 0.1) is 0 Å². The summed E-state index contributed by atoms with van der Waals surface area (Å²) >= 11 is 3.52. The zero-order valence-electron chi connectivity index (χ0n) is 23.4. The van der Waals surface area contributed by atoms with Gasteiger partial charge in [-0.3, -0.25) is 0 Å². The molecule has 9 aromatic rings. The van der Waals surface area contributed by atoms with Gasteiger partial charge in [0.25, 0.3) is 0 Å². The third kappa shape index (κ3) is 4.29. The number of thiophene rings is 2. The monoisotopic (exact) mass is 597 g/mol. The second kappa shape index (κ2) is 10.2. The summed E-state index contributed by atoms with van der Waals surface area (Å²) in [5.74, 6) is 2.05. The lowest BCUT2D eigenvalue weighted by atomic mass is 9.97. The van der Waals surface area contributed by atoms with Gasteiger partial charge < -0.3 is 0 Å². The van der Waals surface area contributed by atoms with Crippen LogP contribution in [0.25, 0.3) is 85.6 Å². The largest absolute Gasteiger partial charge is 0.208 e. The summed E-state index contributed by atoms with van der Waals surface area (Å²) in [6, 6.07) is 49.3. The molecule has 0 N–H and O–H groups in total. The molecule has 0 bridgehead atoms. The van der Waals surface area contributed by atoms with Crippen molar-refractivity contribution in [2.24, 2.45) is 0 Å². The highest BCUT2D eigenvalue weighted by atomic mass is 32.1. The second-order valence-corrected chi connectivity index (χ2v) is 13.0. The Morgan fingerprint density at radius 3 is 1.82 bits per heavy atom. The zero-order valence-corrected chi connectivity index (χ0v) is 25.1. The molecule has 0 spiro atoms. The van der Waals surface area contributed by atoms with Crippen LogP contribution in [0.5, 0.6) is 0 Å². The van der Waals surface area contributed by atoms with E-state index in [9.17, 15) is 0 Å². The van der Waals surface area contributed by atoms with Crippen LogP contribution in [0.4, 0.5) is 0 Å². The summed E-state index contributed by atoms with van der Waals surface area (Å²) in [6.07, 6.45) is 0. The lowest BCUT2D eigenvalue weighted by Gasteiger charge is -2.10. The van der Waals surface area contributed by atoms with E-state index in [2.05, 4.69) is 140 Å². The van der Waals surface area contributed by atoms with Gasteiger partial charge in [0.1, 0.15) is 0 Å². The minimum absolute atomic E-state index is 0.670. The maximum atomic E-state index is 5.05. The average molecular weight is 598 g/mol. The lowest BCUT2D eigenvalue weighted by Crippen LogP contribution is -1.99. The van der Waals surface area contributed by atoms with E-state index >= 15 is 0 Å². The fourth-order valence-electron chi connectivity index (χ4n) is 5.98. The number of hydrogen-bond acceptors (Lipinski definition) is 5. The molecular weight excluding hydrogens is 575 g/mol. The molecule has 9 rings (SSSR count). The average Bonchev–Trinajstić information content (AvgIpc) is 3.69. The molecule has 0 fully saturated rings. The maximum Gasteiger partial charge on any atom is 0.174 e. The topological polar surface area (TPSA) is 38.7 Å². The van der Waals surface area contributed by atoms with Crippen molar-refractivity contribution in [3.63, 3.8) is 0 Å². The molecule has 3 aromatic heterocycles. The van der Waals surface area contributed by atoms with Crippen molar-refractivity contribution in [2.75, 3.05) is 0 Å². The fourth-order valence-corrected chi connectivity index (χ4v) is 8.12. The molecule has 6 aromatic carbocycles. The predicted molar refractivity (Wildman–Crippen MR) is 187 cm³/mol. The summed E-state index contributed by atoms with van der Waals surface area (Å²) in [7, 11) is 0. The van der Waals surface area contributed by atoms with Crippen LogP contribution in [0.1, 0.15) is 0 Å². The molecule has 206 valence electrons. The molecule has 0 unspecified atom stereocenters. The Labute approximate surface area is 261 Å². The van der Waals surface area contributed by atoms with Gasteiger partial charge in [0, 0.05) is 36.0 Å². The first-order chi connectivity index (χ1) is 21.8. The Kier molecular flexibility index (Phi) is 5.86. The van der Waals surface area contributed by atoms with Crippen molar-refractivity contribution in [1.82, 2.24) is 15.0 Å². The molecule has 0 aliphatic heterocycles. The molecule has 3 nitrogen and oxygen atoms in total. The van der Waals surface area contributed by atoms with Crippen molar-refractivity contribution in [1.29, 1.82) is 0 Å². The fraction of sp³-hybridized carbons (Fsp3) is 0. The van der Waals surface area contributed by atoms with Gasteiger partial charge in [0.15, 0.2) is 17.5 Å². The van der Waals surface area contributed by atoms with E-state index in [4.69, 9.17) is 15.0 Å². The zero-order chi connectivity index (χ0) is 29.0. The third-order valence-corrected chi connectivity index (χ3v) is 10.4. The second-order valence-electron chi connectivity index (χ2n) is 10.9. The summed E-state index contributed by atoms with van der Waals surface area (Å²) in [5.41, 5.74) is 4.33. The molecule has 0 saturated heterocycles. The Morgan fingerprint density at radius 2 is 0.977 bits per heavy atom. The number of benzene rings is 6. The lowest BCUT2D eigenvalue weighted by molar-refractivity contribution is 1.08. The van der Waals surface area contributed by atoms with Crippen molar-refractivity contribution in [3.8, 4) is 44.6 Å². The SMILES string of the molecule is c1ccc2sc(-c3nc(-c4ccc(-c5cccc6ccccc56)cc4)nc(-c4ccc5c(c4)sc4ccccc45)n3)cc2c1. The van der Waals surface area contributed by atoms with Crippen molar-refractivity contribution in [3.05, 3.63) is 140 Å². The quantitative estimate of drug-likeness (QED) is 0.203. The Hall–Kier alpha value is -5.23. The van der Waals surface area contributed by atoms with E-state index in [0.29, 0.717) is 17.5 Å². The van der Waals surface area contributed by atoms with Gasteiger partial charge in [-0.05, 0) is 51.6 Å². The van der Waals surface area contributed by atoms with Gasteiger partial charge in [0.2, 0.25) is 0 Å². The Morgan fingerprint density at radius 1 is 0.364 bits per heavy atom. The first kappa shape index (κ1) is 25.3. The molecule has 0 amide bonds. The number of nitrogens with zero attached hydrogens (tertiary/aromatic N) is 3. The van der Waals surface area contributed by atoms with Crippen LogP contribution >= 0.6 is 22.7 Å². The van der Waals surface area contributed by atoms with Crippen LogP contribution < -0.4 is 0 Å². The van der Waals surface area contributed by atoms with Gasteiger partial charge in [-0.25, -0.2) is 15.0 Å². The van der Waals surface area contributed by atoms with E-state index in [1.807, 2.05) is 0 Å². The summed E-state index contributed by atoms with van der Waals surface area (Å²) in [4.78, 5) is 16.2. The van der Waals surface area contributed by atoms with Gasteiger partial charge in [-0.15, -0.1) is 22.7 Å². The molecule has 0 saturated carbocycles. The molecule has 44 heavy (non-hydrogen) atoms. The molecule has 3 heterocycles. The van der Waals surface area contributed by atoms with Crippen molar-refractivity contribution in [2.45, 2.75) is 0 Å². The van der Waals surface area contributed by atoms with Gasteiger partial charge in [-0.2, -0.15) is 0 Å². The highest BCUT2D eigenvalue weighted by Crippen LogP contribution is 2.38. The van der Waals surface area contributed by atoms with Crippen LogP contribution in [-0.4, -0.2) is 15.0 Å². The molecule has 0 aliphatic rings. The number of fused-ring (bicyclic) bond motifs is 5. The molecule has 0 atom stereocenters. The summed E-state index contributed by atoms with van der Waals surface area (Å²) < 4.78 is 3.74. The smallest absolute Gasteiger partial charge is 0.174 e. The Balaban J connectivity index is 1.19. The summed E-state index contributed by atoms with van der Waals surface area (Å²) in [6.45, 7) is 0. The summed E-state index contributed by atoms with van der Waals surface area (Å²) in [5, 5.41) is 6.22. The highest BCUT2D eigenvalue weighted by Gasteiger charge is 2.16. The number of aromatic nitrogens is 3. The van der Waals surface area contributed by atoms with E-state index in [0.717, 1.165) is 16.0 Å². The van der Waals surface area contributed by atoms with E-state index < -0.39 is 0 Å². The standard InChI is InChI=1S/C39H23N3S2/c1-3-11-29-24(8-1)10-7-13-30(29)25-16-18-26(19-17-25)37-40-38(42-39(41-37)36-22-27-9-2-5-14-33(27)43-36)28-20-21-32-31-12-4-6-15-34(31)44-35(32)23-28/h1-23H. The normalized spacial score (nSPS) is 11.6.